The summed E-state index contributed by atoms with van der Waals surface area (Å²) in [7, 11) is 2.11. The van der Waals surface area contributed by atoms with E-state index in [2.05, 4.69) is 23.2 Å². The number of rotatable bonds is 3. The number of anilines is 1. The van der Waals surface area contributed by atoms with Crippen LogP contribution in [-0.4, -0.2) is 24.1 Å². The average Bonchev–Trinajstić information content (AvgIpc) is 3.10. The lowest BCUT2D eigenvalue weighted by Gasteiger charge is -2.19. The molecule has 4 heteroatoms. The van der Waals surface area contributed by atoms with E-state index >= 15 is 0 Å². The van der Waals surface area contributed by atoms with Gasteiger partial charge in [-0.25, -0.2) is 0 Å². The molecule has 1 aliphatic rings. The molecule has 0 spiro atoms. The zero-order chi connectivity index (χ0) is 11.7. The van der Waals surface area contributed by atoms with Crippen molar-refractivity contribution in [1.82, 2.24) is 0 Å². The molecule has 0 radical (unpaired) electrons. The minimum absolute atomic E-state index is 0.165. The van der Waals surface area contributed by atoms with E-state index in [0.29, 0.717) is 6.04 Å². The summed E-state index contributed by atoms with van der Waals surface area (Å²) >= 11 is 0. The number of nitrogens with two attached hydrogens (primary N) is 1. The molecule has 2 rings (SSSR count). The van der Waals surface area contributed by atoms with Crippen LogP contribution in [0.15, 0.2) is 23.4 Å². The molecule has 86 valence electrons. The first-order valence-electron chi connectivity index (χ1n) is 5.45. The molecule has 0 unspecified atom stereocenters. The molecular weight excluding hydrogens is 202 g/mol. The molecule has 1 saturated carbocycles. The Morgan fingerprint density at radius 2 is 2.19 bits per heavy atom. The number of amidine groups is 1. The van der Waals surface area contributed by atoms with Gasteiger partial charge in [0.2, 0.25) is 0 Å². The van der Waals surface area contributed by atoms with Crippen molar-refractivity contribution >= 4 is 11.5 Å². The van der Waals surface area contributed by atoms with Gasteiger partial charge in [0.1, 0.15) is 0 Å². The topological polar surface area (TPSA) is 61.8 Å². The van der Waals surface area contributed by atoms with Gasteiger partial charge in [-0.05, 0) is 43.5 Å². The lowest BCUT2D eigenvalue weighted by Crippen LogP contribution is -2.20. The highest BCUT2D eigenvalue weighted by molar-refractivity contribution is 5.98. The van der Waals surface area contributed by atoms with Gasteiger partial charge < -0.3 is 15.8 Å². The van der Waals surface area contributed by atoms with E-state index in [1.165, 1.54) is 18.5 Å². The molecule has 0 heterocycles. The standard InChI is InChI=1S/C12H17N3O/c1-8-7-10(15(2)9-3-4-9)5-6-11(8)12(13)14-16/h5-7,9,16H,3-4H2,1-2H3,(H2,13,14). The molecule has 0 aromatic heterocycles. The van der Waals surface area contributed by atoms with Gasteiger partial charge in [0, 0.05) is 24.3 Å². The van der Waals surface area contributed by atoms with Crippen molar-refractivity contribution in [2.75, 3.05) is 11.9 Å². The first-order valence-corrected chi connectivity index (χ1v) is 5.45. The molecule has 1 aromatic carbocycles. The van der Waals surface area contributed by atoms with E-state index < -0.39 is 0 Å². The fourth-order valence-electron chi connectivity index (χ4n) is 1.88. The Morgan fingerprint density at radius 1 is 1.50 bits per heavy atom. The first kappa shape index (κ1) is 10.8. The molecule has 0 bridgehead atoms. The van der Waals surface area contributed by atoms with Crippen LogP contribution in [0.1, 0.15) is 24.0 Å². The summed E-state index contributed by atoms with van der Waals surface area (Å²) in [5.41, 5.74) is 8.58. The Labute approximate surface area is 95.4 Å². The van der Waals surface area contributed by atoms with E-state index in [9.17, 15) is 0 Å². The van der Waals surface area contributed by atoms with Gasteiger partial charge in [-0.1, -0.05) is 5.16 Å². The quantitative estimate of drug-likeness (QED) is 0.352. The minimum Gasteiger partial charge on any atom is -0.409 e. The van der Waals surface area contributed by atoms with Crippen molar-refractivity contribution in [3.05, 3.63) is 29.3 Å². The van der Waals surface area contributed by atoms with Gasteiger partial charge in [-0.2, -0.15) is 0 Å². The summed E-state index contributed by atoms with van der Waals surface area (Å²) in [6.45, 7) is 1.97. The van der Waals surface area contributed by atoms with E-state index in [0.717, 1.165) is 11.1 Å². The van der Waals surface area contributed by atoms with Crippen molar-refractivity contribution in [3.8, 4) is 0 Å². The molecule has 4 nitrogen and oxygen atoms in total. The van der Waals surface area contributed by atoms with Crippen molar-refractivity contribution in [2.45, 2.75) is 25.8 Å². The predicted octanol–water partition coefficient (Wildman–Crippen LogP) is 1.69. The van der Waals surface area contributed by atoms with Gasteiger partial charge in [0.15, 0.2) is 5.84 Å². The Bertz CT molecular complexity index is 424. The maximum absolute atomic E-state index is 8.64. The number of benzene rings is 1. The second kappa shape index (κ2) is 4.04. The van der Waals surface area contributed by atoms with Crippen LogP contribution in [0.25, 0.3) is 0 Å². The van der Waals surface area contributed by atoms with Crippen LogP contribution in [0.3, 0.4) is 0 Å². The Hall–Kier alpha value is -1.71. The van der Waals surface area contributed by atoms with Crippen LogP contribution >= 0.6 is 0 Å². The van der Waals surface area contributed by atoms with Gasteiger partial charge in [-0.3, -0.25) is 0 Å². The molecule has 16 heavy (non-hydrogen) atoms. The summed E-state index contributed by atoms with van der Waals surface area (Å²) in [5, 5.41) is 11.7. The fourth-order valence-corrected chi connectivity index (χ4v) is 1.88. The summed E-state index contributed by atoms with van der Waals surface area (Å²) in [6.07, 6.45) is 2.55. The third-order valence-electron chi connectivity index (χ3n) is 3.10. The highest BCUT2D eigenvalue weighted by Gasteiger charge is 2.26. The minimum atomic E-state index is 0.165. The van der Waals surface area contributed by atoms with Crippen LogP contribution in [0.4, 0.5) is 5.69 Å². The van der Waals surface area contributed by atoms with Gasteiger partial charge >= 0.3 is 0 Å². The van der Waals surface area contributed by atoms with Crippen molar-refractivity contribution in [2.24, 2.45) is 10.9 Å². The number of hydrogen-bond donors (Lipinski definition) is 2. The molecule has 3 N–H and O–H groups in total. The van der Waals surface area contributed by atoms with Crippen LogP contribution in [0, 0.1) is 6.92 Å². The molecular formula is C12H17N3O. The molecule has 0 amide bonds. The molecule has 0 aliphatic heterocycles. The maximum Gasteiger partial charge on any atom is 0.170 e. The second-order valence-corrected chi connectivity index (χ2v) is 4.33. The van der Waals surface area contributed by atoms with Gasteiger partial charge in [0.05, 0.1) is 0 Å². The summed E-state index contributed by atoms with van der Waals surface area (Å²) < 4.78 is 0. The van der Waals surface area contributed by atoms with Crippen molar-refractivity contribution in [3.63, 3.8) is 0 Å². The number of aryl methyl sites for hydroxylation is 1. The molecule has 0 saturated heterocycles. The summed E-state index contributed by atoms with van der Waals surface area (Å²) in [4.78, 5) is 2.28. The SMILES string of the molecule is Cc1cc(N(C)C2CC2)ccc1/C(N)=N/O. The highest BCUT2D eigenvalue weighted by atomic mass is 16.4. The van der Waals surface area contributed by atoms with Gasteiger partial charge in [0.25, 0.3) is 0 Å². The Kier molecular flexibility index (Phi) is 2.73. The summed E-state index contributed by atoms with van der Waals surface area (Å²) in [6, 6.07) is 6.68. The predicted molar refractivity (Wildman–Crippen MR) is 65.1 cm³/mol. The summed E-state index contributed by atoms with van der Waals surface area (Å²) in [5.74, 6) is 0.165. The number of oxime groups is 1. The lowest BCUT2D eigenvalue weighted by molar-refractivity contribution is 0.318. The maximum atomic E-state index is 8.64. The van der Waals surface area contributed by atoms with Gasteiger partial charge in [-0.15, -0.1) is 0 Å². The third kappa shape index (κ3) is 1.96. The van der Waals surface area contributed by atoms with E-state index in [1.807, 2.05) is 19.1 Å². The number of nitrogens with zero attached hydrogens (tertiary/aromatic N) is 2. The van der Waals surface area contributed by atoms with Crippen molar-refractivity contribution < 1.29 is 5.21 Å². The lowest BCUT2D eigenvalue weighted by atomic mass is 10.1. The van der Waals surface area contributed by atoms with E-state index in [1.54, 1.807) is 0 Å². The monoisotopic (exact) mass is 219 g/mol. The molecule has 1 fully saturated rings. The zero-order valence-corrected chi connectivity index (χ0v) is 9.64. The van der Waals surface area contributed by atoms with E-state index in [4.69, 9.17) is 10.9 Å². The fraction of sp³-hybridized carbons (Fsp3) is 0.417. The Morgan fingerprint density at radius 3 is 2.69 bits per heavy atom. The van der Waals surface area contributed by atoms with Crippen LogP contribution in [0.2, 0.25) is 0 Å². The van der Waals surface area contributed by atoms with Crippen LogP contribution in [0.5, 0.6) is 0 Å². The normalized spacial score (nSPS) is 16.2. The molecule has 1 aliphatic carbocycles. The second-order valence-electron chi connectivity index (χ2n) is 4.33. The van der Waals surface area contributed by atoms with Crippen LogP contribution in [-0.2, 0) is 0 Å². The highest BCUT2D eigenvalue weighted by Crippen LogP contribution is 2.30. The molecule has 0 atom stereocenters. The van der Waals surface area contributed by atoms with Crippen LogP contribution < -0.4 is 10.6 Å². The Balaban J connectivity index is 2.28. The zero-order valence-electron chi connectivity index (χ0n) is 9.64. The number of hydrogen-bond acceptors (Lipinski definition) is 3. The third-order valence-corrected chi connectivity index (χ3v) is 3.10. The molecule has 1 aromatic rings. The average molecular weight is 219 g/mol. The largest absolute Gasteiger partial charge is 0.409 e. The van der Waals surface area contributed by atoms with Crippen molar-refractivity contribution in [1.29, 1.82) is 0 Å². The van der Waals surface area contributed by atoms with E-state index in [-0.39, 0.29) is 5.84 Å². The smallest absolute Gasteiger partial charge is 0.170 e. The first-order chi connectivity index (χ1) is 7.63.